The van der Waals surface area contributed by atoms with Gasteiger partial charge in [0.05, 0.1) is 0 Å². The van der Waals surface area contributed by atoms with E-state index in [-0.39, 0.29) is 17.0 Å². The van der Waals surface area contributed by atoms with Crippen molar-refractivity contribution in [3.05, 3.63) is 52.9 Å². The minimum absolute atomic E-state index is 0.0609. The summed E-state index contributed by atoms with van der Waals surface area (Å²) < 4.78 is 37.9. The average molecular weight is 316 g/mol. The van der Waals surface area contributed by atoms with Crippen LogP contribution in [0.2, 0.25) is 5.15 Å². The van der Waals surface area contributed by atoms with E-state index in [9.17, 15) is 13.2 Å². The Balaban J connectivity index is 2.10. The summed E-state index contributed by atoms with van der Waals surface area (Å²) in [6, 6.07) is 10.8. The lowest BCUT2D eigenvalue weighted by molar-refractivity contribution is -0.144. The van der Waals surface area contributed by atoms with E-state index in [1.807, 2.05) is 37.3 Å². The highest BCUT2D eigenvalue weighted by atomic mass is 35.5. The molecule has 0 fully saturated rings. The van der Waals surface area contributed by atoms with Crippen LogP contribution in [0, 0.1) is 0 Å². The van der Waals surface area contributed by atoms with Crippen LogP contribution in [0.15, 0.2) is 36.4 Å². The van der Waals surface area contributed by atoms with Crippen LogP contribution in [0.25, 0.3) is 0 Å². The molecular formula is C14H13ClF3N3. The molecule has 21 heavy (non-hydrogen) atoms. The molecule has 0 radical (unpaired) electrons. The largest absolute Gasteiger partial charge is 0.451 e. The van der Waals surface area contributed by atoms with Gasteiger partial charge in [0.1, 0.15) is 11.0 Å². The van der Waals surface area contributed by atoms with E-state index in [4.69, 9.17) is 11.6 Å². The molecule has 0 bridgehead atoms. The maximum Gasteiger partial charge on any atom is 0.451 e. The lowest BCUT2D eigenvalue weighted by atomic mass is 10.1. The van der Waals surface area contributed by atoms with Crippen molar-refractivity contribution in [3.63, 3.8) is 0 Å². The molecule has 0 aliphatic heterocycles. The highest BCUT2D eigenvalue weighted by molar-refractivity contribution is 6.29. The van der Waals surface area contributed by atoms with Crippen molar-refractivity contribution in [2.24, 2.45) is 0 Å². The van der Waals surface area contributed by atoms with Gasteiger partial charge in [0.15, 0.2) is 0 Å². The topological polar surface area (TPSA) is 37.8 Å². The van der Waals surface area contributed by atoms with E-state index >= 15 is 0 Å². The molecule has 1 heterocycles. The first-order chi connectivity index (χ1) is 9.84. The van der Waals surface area contributed by atoms with Crippen molar-refractivity contribution in [2.75, 3.05) is 5.32 Å². The lowest BCUT2D eigenvalue weighted by Crippen LogP contribution is -2.20. The number of rotatable bonds is 4. The summed E-state index contributed by atoms with van der Waals surface area (Å²) in [4.78, 5) is 6.64. The summed E-state index contributed by atoms with van der Waals surface area (Å²) in [7, 11) is 0. The van der Waals surface area contributed by atoms with Crippen LogP contribution in [0.3, 0.4) is 0 Å². The zero-order valence-electron chi connectivity index (χ0n) is 11.2. The molecule has 0 aliphatic carbocycles. The van der Waals surface area contributed by atoms with Gasteiger partial charge in [-0.3, -0.25) is 0 Å². The number of halogens is 4. The molecule has 1 aromatic carbocycles. The van der Waals surface area contributed by atoms with Gasteiger partial charge >= 0.3 is 6.18 Å². The molecule has 0 saturated carbocycles. The predicted molar refractivity (Wildman–Crippen MR) is 75.3 cm³/mol. The monoisotopic (exact) mass is 315 g/mol. The van der Waals surface area contributed by atoms with Crippen LogP contribution in [-0.4, -0.2) is 16.0 Å². The van der Waals surface area contributed by atoms with Crippen molar-refractivity contribution in [1.29, 1.82) is 0 Å². The number of hydrogen-bond donors (Lipinski definition) is 1. The second-order valence-electron chi connectivity index (χ2n) is 4.63. The van der Waals surface area contributed by atoms with Crippen LogP contribution in [0.4, 0.5) is 19.0 Å². The molecule has 0 saturated heterocycles. The highest BCUT2D eigenvalue weighted by Crippen LogP contribution is 2.28. The van der Waals surface area contributed by atoms with E-state index in [1.165, 1.54) is 6.07 Å². The molecule has 0 spiro atoms. The van der Waals surface area contributed by atoms with E-state index in [2.05, 4.69) is 15.3 Å². The maximum absolute atomic E-state index is 12.6. The number of nitrogens with zero attached hydrogens (tertiary/aromatic N) is 2. The zero-order valence-corrected chi connectivity index (χ0v) is 11.9. The Morgan fingerprint density at radius 3 is 2.48 bits per heavy atom. The van der Waals surface area contributed by atoms with Gasteiger partial charge in [-0.2, -0.15) is 13.2 Å². The molecule has 1 atom stereocenters. The second kappa shape index (κ2) is 6.30. The average Bonchev–Trinajstić information content (AvgIpc) is 2.37. The number of hydrogen-bond acceptors (Lipinski definition) is 3. The normalized spacial score (nSPS) is 13.0. The predicted octanol–water partition coefficient (Wildman–Crippen LogP) is 4.19. The summed E-state index contributed by atoms with van der Waals surface area (Å²) in [5.74, 6) is -1.19. The van der Waals surface area contributed by atoms with Gasteiger partial charge in [-0.1, -0.05) is 41.9 Å². The van der Waals surface area contributed by atoms with Gasteiger partial charge in [-0.05, 0) is 18.9 Å². The molecule has 1 N–H and O–H groups in total. The number of benzene rings is 1. The minimum atomic E-state index is -4.62. The van der Waals surface area contributed by atoms with Crippen LogP contribution >= 0.6 is 11.6 Å². The van der Waals surface area contributed by atoms with Crippen LogP contribution in [0.5, 0.6) is 0 Å². The highest BCUT2D eigenvalue weighted by Gasteiger charge is 2.35. The molecule has 7 heteroatoms. The van der Waals surface area contributed by atoms with Crippen LogP contribution < -0.4 is 5.32 Å². The van der Waals surface area contributed by atoms with Crippen molar-refractivity contribution < 1.29 is 13.2 Å². The molecule has 112 valence electrons. The van der Waals surface area contributed by atoms with Gasteiger partial charge in [0.25, 0.3) is 0 Å². The van der Waals surface area contributed by atoms with Crippen molar-refractivity contribution in [1.82, 2.24) is 9.97 Å². The molecule has 1 aromatic heterocycles. The van der Waals surface area contributed by atoms with Gasteiger partial charge in [-0.25, -0.2) is 9.97 Å². The standard InChI is InChI=1S/C14H13ClF3N3/c1-9(7-10-5-3-2-4-6-10)19-12-8-11(15)20-13(21-12)14(16,17)18/h2-6,8-9H,7H2,1H3,(H,19,20,21). The van der Waals surface area contributed by atoms with Gasteiger partial charge in [0.2, 0.25) is 5.82 Å². The Morgan fingerprint density at radius 2 is 1.86 bits per heavy atom. The molecule has 3 nitrogen and oxygen atoms in total. The third-order valence-corrected chi connectivity index (χ3v) is 2.92. The smallest absolute Gasteiger partial charge is 0.367 e. The second-order valence-corrected chi connectivity index (χ2v) is 5.02. The Bertz CT molecular complexity index is 602. The number of aromatic nitrogens is 2. The van der Waals surface area contributed by atoms with Gasteiger partial charge < -0.3 is 5.32 Å². The minimum Gasteiger partial charge on any atom is -0.367 e. The SMILES string of the molecule is CC(Cc1ccccc1)Nc1cc(Cl)nc(C(F)(F)F)n1. The molecule has 1 unspecified atom stereocenters. The van der Waals surface area contributed by atoms with Gasteiger partial charge in [0, 0.05) is 12.1 Å². The summed E-state index contributed by atoms with van der Waals surface area (Å²) >= 11 is 5.61. The molecule has 2 rings (SSSR count). The van der Waals surface area contributed by atoms with Crippen molar-refractivity contribution >= 4 is 17.4 Å². The van der Waals surface area contributed by atoms with Crippen LogP contribution in [-0.2, 0) is 12.6 Å². The Morgan fingerprint density at radius 1 is 1.19 bits per heavy atom. The Hall–Kier alpha value is -1.82. The van der Waals surface area contributed by atoms with Crippen molar-refractivity contribution in [2.45, 2.75) is 25.6 Å². The first-order valence-corrected chi connectivity index (χ1v) is 6.64. The fourth-order valence-electron chi connectivity index (χ4n) is 1.89. The van der Waals surface area contributed by atoms with E-state index in [0.717, 1.165) is 5.56 Å². The fraction of sp³-hybridized carbons (Fsp3) is 0.286. The first-order valence-electron chi connectivity index (χ1n) is 6.27. The number of alkyl halides is 3. The first kappa shape index (κ1) is 15.6. The quantitative estimate of drug-likeness (QED) is 0.860. The third-order valence-electron chi connectivity index (χ3n) is 2.73. The summed E-state index contributed by atoms with van der Waals surface area (Å²) in [6.45, 7) is 1.86. The molecule has 2 aromatic rings. The Kier molecular flexibility index (Phi) is 4.67. The fourth-order valence-corrected chi connectivity index (χ4v) is 2.07. The number of anilines is 1. The van der Waals surface area contributed by atoms with E-state index in [0.29, 0.717) is 6.42 Å². The molecule has 0 amide bonds. The summed E-state index contributed by atoms with van der Waals surface area (Å²) in [5, 5.41) is 2.66. The van der Waals surface area contributed by atoms with Crippen LogP contribution in [0.1, 0.15) is 18.3 Å². The molecule has 0 aliphatic rings. The molecular weight excluding hydrogens is 303 g/mol. The third kappa shape index (κ3) is 4.60. The lowest BCUT2D eigenvalue weighted by Gasteiger charge is -2.15. The number of nitrogens with one attached hydrogen (secondary N) is 1. The Labute approximate surface area is 125 Å². The van der Waals surface area contributed by atoms with Gasteiger partial charge in [-0.15, -0.1) is 0 Å². The zero-order chi connectivity index (χ0) is 15.5. The maximum atomic E-state index is 12.6. The van der Waals surface area contributed by atoms with E-state index in [1.54, 1.807) is 0 Å². The van der Waals surface area contributed by atoms with E-state index < -0.39 is 12.0 Å². The van der Waals surface area contributed by atoms with Crippen molar-refractivity contribution in [3.8, 4) is 0 Å². The summed E-state index contributed by atoms with van der Waals surface area (Å²) in [5.41, 5.74) is 1.08. The summed E-state index contributed by atoms with van der Waals surface area (Å²) in [6.07, 6.45) is -3.96.